The van der Waals surface area contributed by atoms with Gasteiger partial charge in [-0.1, -0.05) is 31.2 Å². The lowest BCUT2D eigenvalue weighted by Gasteiger charge is -2.23. The smallest absolute Gasteiger partial charge is 0.271 e. The number of hydrogen-bond donors (Lipinski definition) is 0. The maximum absolute atomic E-state index is 12.0. The van der Waals surface area contributed by atoms with Gasteiger partial charge in [0, 0.05) is 24.8 Å². The van der Waals surface area contributed by atoms with Crippen molar-refractivity contribution in [3.8, 4) is 5.69 Å². The molecule has 0 N–H and O–H groups in total. The van der Waals surface area contributed by atoms with Gasteiger partial charge in [0.2, 0.25) is 0 Å². The van der Waals surface area contributed by atoms with Gasteiger partial charge in [-0.2, -0.15) is 9.78 Å². The third kappa shape index (κ3) is 3.42. The fourth-order valence-corrected chi connectivity index (χ4v) is 4.05. The first-order chi connectivity index (χ1) is 12.7. The van der Waals surface area contributed by atoms with Gasteiger partial charge >= 0.3 is 0 Å². The van der Waals surface area contributed by atoms with Crippen LogP contribution in [0, 0.1) is 0 Å². The highest BCUT2D eigenvalue weighted by Crippen LogP contribution is 2.22. The Kier molecular flexibility index (Phi) is 4.85. The molecule has 1 aliphatic rings. The van der Waals surface area contributed by atoms with Gasteiger partial charge in [0.15, 0.2) is 0 Å². The molecule has 3 aromatic rings. The van der Waals surface area contributed by atoms with Crippen molar-refractivity contribution in [3.05, 3.63) is 70.6 Å². The normalized spacial score (nSPS) is 17.8. The quantitative estimate of drug-likeness (QED) is 0.704. The van der Waals surface area contributed by atoms with E-state index in [9.17, 15) is 4.79 Å². The van der Waals surface area contributed by atoms with Gasteiger partial charge in [0.1, 0.15) is 0 Å². The van der Waals surface area contributed by atoms with E-state index in [2.05, 4.69) is 41.2 Å². The van der Waals surface area contributed by atoms with Crippen LogP contribution in [0.1, 0.15) is 31.7 Å². The van der Waals surface area contributed by atoms with E-state index < -0.39 is 0 Å². The number of aromatic nitrogens is 2. The Morgan fingerprint density at radius 3 is 2.81 bits per heavy atom. The van der Waals surface area contributed by atoms with Gasteiger partial charge in [0.05, 0.1) is 5.69 Å². The van der Waals surface area contributed by atoms with E-state index in [1.165, 1.54) is 47.5 Å². The summed E-state index contributed by atoms with van der Waals surface area (Å²) in [6.45, 7) is 4.68. The molecule has 1 unspecified atom stereocenters. The maximum Gasteiger partial charge on any atom is 0.271 e. The molecule has 1 fully saturated rings. The third-order valence-electron chi connectivity index (χ3n) is 5.51. The molecule has 4 rings (SSSR count). The van der Waals surface area contributed by atoms with Crippen LogP contribution in [0.4, 0.5) is 0 Å². The molecule has 0 amide bonds. The van der Waals surface area contributed by atoms with E-state index in [0.29, 0.717) is 0 Å². The zero-order valence-corrected chi connectivity index (χ0v) is 15.3. The number of fused-ring (bicyclic) bond motifs is 1. The first kappa shape index (κ1) is 17.0. The van der Waals surface area contributed by atoms with Crippen molar-refractivity contribution in [1.82, 2.24) is 14.7 Å². The minimum absolute atomic E-state index is 0.112. The molecule has 4 heteroatoms. The molecule has 134 valence electrons. The summed E-state index contributed by atoms with van der Waals surface area (Å²) in [7, 11) is 0. The Balaban J connectivity index is 1.54. The van der Waals surface area contributed by atoms with Crippen LogP contribution in [0.2, 0.25) is 0 Å². The second-order valence-electron chi connectivity index (χ2n) is 7.13. The van der Waals surface area contributed by atoms with Gasteiger partial charge in [-0.25, -0.2) is 0 Å². The molecule has 1 atom stereocenters. The standard InChI is InChI=1S/C22H25N3O/c1-2-20-5-4-13-24(20)14-11-17-7-8-19-16-21(10-9-18(19)15-17)25-22(26)6-3-12-23-25/h3,6-10,12,15-16,20H,2,4-5,11,13-14H2,1H3. The predicted octanol–water partition coefficient (Wildman–Crippen LogP) is 3.80. The van der Waals surface area contributed by atoms with Gasteiger partial charge in [0.25, 0.3) is 5.56 Å². The largest absolute Gasteiger partial charge is 0.300 e. The van der Waals surface area contributed by atoms with Crippen LogP contribution in [-0.2, 0) is 6.42 Å². The Bertz CT molecular complexity index is 963. The minimum Gasteiger partial charge on any atom is -0.300 e. The average Bonchev–Trinajstić information content (AvgIpc) is 3.14. The lowest BCUT2D eigenvalue weighted by atomic mass is 10.0. The fraction of sp³-hybridized carbons (Fsp3) is 0.364. The van der Waals surface area contributed by atoms with Crippen LogP contribution in [0.25, 0.3) is 16.5 Å². The second kappa shape index (κ2) is 7.42. The number of likely N-dealkylation sites (tertiary alicyclic amines) is 1. The molecule has 2 heterocycles. The molecule has 2 aromatic carbocycles. The van der Waals surface area contributed by atoms with Gasteiger partial charge in [-0.3, -0.25) is 4.79 Å². The molecule has 26 heavy (non-hydrogen) atoms. The summed E-state index contributed by atoms with van der Waals surface area (Å²) in [6.07, 6.45) is 6.67. The highest BCUT2D eigenvalue weighted by atomic mass is 16.1. The summed E-state index contributed by atoms with van der Waals surface area (Å²) in [5.41, 5.74) is 2.07. The summed E-state index contributed by atoms with van der Waals surface area (Å²) >= 11 is 0. The van der Waals surface area contributed by atoms with Gasteiger partial charge in [-0.15, -0.1) is 0 Å². The summed E-state index contributed by atoms with van der Waals surface area (Å²) in [4.78, 5) is 14.6. The summed E-state index contributed by atoms with van der Waals surface area (Å²) < 4.78 is 1.44. The molecule has 1 aliphatic heterocycles. The molecule has 1 saturated heterocycles. The number of nitrogens with zero attached hydrogens (tertiary/aromatic N) is 3. The third-order valence-corrected chi connectivity index (χ3v) is 5.51. The predicted molar refractivity (Wildman–Crippen MR) is 106 cm³/mol. The van der Waals surface area contributed by atoms with Crippen molar-refractivity contribution in [1.29, 1.82) is 0 Å². The number of benzene rings is 2. The van der Waals surface area contributed by atoms with E-state index in [1.807, 2.05) is 12.1 Å². The van der Waals surface area contributed by atoms with Crippen LogP contribution < -0.4 is 5.56 Å². The second-order valence-corrected chi connectivity index (χ2v) is 7.13. The topological polar surface area (TPSA) is 38.1 Å². The van der Waals surface area contributed by atoms with Crippen molar-refractivity contribution in [3.63, 3.8) is 0 Å². The molecule has 0 spiro atoms. The van der Waals surface area contributed by atoms with E-state index in [0.717, 1.165) is 30.1 Å². The lowest BCUT2D eigenvalue weighted by molar-refractivity contribution is 0.251. The zero-order valence-electron chi connectivity index (χ0n) is 15.3. The van der Waals surface area contributed by atoms with E-state index >= 15 is 0 Å². The monoisotopic (exact) mass is 347 g/mol. The SMILES string of the molecule is CCC1CCCN1CCc1ccc2cc(-n3ncccc3=O)ccc2c1. The lowest BCUT2D eigenvalue weighted by Crippen LogP contribution is -2.30. The number of hydrogen-bond acceptors (Lipinski definition) is 3. The summed E-state index contributed by atoms with van der Waals surface area (Å²) in [5, 5.41) is 6.51. The van der Waals surface area contributed by atoms with Crippen molar-refractivity contribution in [2.45, 2.75) is 38.6 Å². The maximum atomic E-state index is 12.0. The average molecular weight is 347 g/mol. The van der Waals surface area contributed by atoms with Crippen LogP contribution in [0.5, 0.6) is 0 Å². The molecule has 0 aliphatic carbocycles. The molecule has 4 nitrogen and oxygen atoms in total. The first-order valence-electron chi connectivity index (χ1n) is 9.56. The van der Waals surface area contributed by atoms with E-state index in [-0.39, 0.29) is 5.56 Å². The Morgan fingerprint density at radius 2 is 1.96 bits per heavy atom. The molecule has 0 saturated carbocycles. The van der Waals surface area contributed by atoms with Crippen molar-refractivity contribution < 1.29 is 0 Å². The Morgan fingerprint density at radius 1 is 1.12 bits per heavy atom. The van der Waals surface area contributed by atoms with Gasteiger partial charge in [-0.05, 0) is 66.8 Å². The molecule has 0 bridgehead atoms. The summed E-state index contributed by atoms with van der Waals surface area (Å²) in [6, 6.07) is 16.7. The van der Waals surface area contributed by atoms with Crippen LogP contribution in [0.15, 0.2) is 59.5 Å². The molecular weight excluding hydrogens is 322 g/mol. The van der Waals surface area contributed by atoms with Gasteiger partial charge < -0.3 is 4.90 Å². The summed E-state index contributed by atoms with van der Waals surface area (Å²) in [5.74, 6) is 0. The van der Waals surface area contributed by atoms with E-state index in [4.69, 9.17) is 0 Å². The highest BCUT2D eigenvalue weighted by Gasteiger charge is 2.21. The van der Waals surface area contributed by atoms with E-state index in [1.54, 1.807) is 12.3 Å². The van der Waals surface area contributed by atoms with Crippen LogP contribution in [0.3, 0.4) is 0 Å². The number of rotatable bonds is 5. The fourth-order valence-electron chi connectivity index (χ4n) is 4.05. The minimum atomic E-state index is -0.112. The zero-order chi connectivity index (χ0) is 17.9. The van der Waals surface area contributed by atoms with Crippen molar-refractivity contribution >= 4 is 10.8 Å². The van der Waals surface area contributed by atoms with Crippen LogP contribution in [-0.4, -0.2) is 33.8 Å². The van der Waals surface area contributed by atoms with Crippen LogP contribution >= 0.6 is 0 Å². The first-order valence-corrected chi connectivity index (χ1v) is 9.56. The van der Waals surface area contributed by atoms with Crippen molar-refractivity contribution in [2.24, 2.45) is 0 Å². The molecule has 0 radical (unpaired) electrons. The Hall–Kier alpha value is -2.46. The highest BCUT2D eigenvalue weighted by molar-refractivity contribution is 5.85. The molecular formula is C22H25N3O. The molecule has 1 aromatic heterocycles. The van der Waals surface area contributed by atoms with Crippen molar-refractivity contribution in [2.75, 3.05) is 13.1 Å². The Labute approximate surface area is 154 Å².